The average molecular weight is 392 g/mol. The van der Waals surface area contributed by atoms with Gasteiger partial charge in [0.2, 0.25) is 5.91 Å². The topological polar surface area (TPSA) is 59.8 Å². The molecule has 1 aliphatic carbocycles. The summed E-state index contributed by atoms with van der Waals surface area (Å²) >= 11 is 2.79. The van der Waals surface area contributed by atoms with Crippen LogP contribution in [-0.2, 0) is 4.79 Å². The van der Waals surface area contributed by atoms with E-state index in [1.54, 1.807) is 11.3 Å². The Morgan fingerprint density at radius 3 is 2.65 bits per heavy atom. The van der Waals surface area contributed by atoms with Crippen molar-refractivity contribution in [3.8, 4) is 10.7 Å². The Balaban J connectivity index is 1.47. The standard InChI is InChI=1S/C17H14F2N4OS2/c18-11-3-1-4-12(19)15(11)20-14(24)9-26-17-22-21-16(13-5-2-8-25-13)23(17)10-6-7-10/h1-5,8,10H,6-7,9H2,(H,20,24). The molecule has 134 valence electrons. The number of carbonyl (C=O) groups is 1. The quantitative estimate of drug-likeness (QED) is 0.634. The second-order valence-corrected chi connectivity index (χ2v) is 7.71. The van der Waals surface area contributed by atoms with Crippen molar-refractivity contribution in [2.75, 3.05) is 11.1 Å². The van der Waals surface area contributed by atoms with Crippen molar-refractivity contribution in [2.24, 2.45) is 0 Å². The summed E-state index contributed by atoms with van der Waals surface area (Å²) < 4.78 is 29.3. The van der Waals surface area contributed by atoms with E-state index in [0.29, 0.717) is 11.2 Å². The zero-order chi connectivity index (χ0) is 18.1. The summed E-state index contributed by atoms with van der Waals surface area (Å²) in [5.74, 6) is -1.31. The monoisotopic (exact) mass is 392 g/mol. The Morgan fingerprint density at radius 2 is 2.00 bits per heavy atom. The third kappa shape index (κ3) is 3.49. The lowest BCUT2D eigenvalue weighted by Gasteiger charge is -2.09. The number of halogens is 2. The highest BCUT2D eigenvalue weighted by Gasteiger charge is 2.30. The predicted octanol–water partition coefficient (Wildman–Crippen LogP) is 4.35. The molecule has 0 atom stereocenters. The lowest BCUT2D eigenvalue weighted by molar-refractivity contribution is -0.113. The van der Waals surface area contributed by atoms with Crippen LogP contribution in [0.2, 0.25) is 0 Å². The average Bonchev–Trinajstić information content (AvgIpc) is 3.15. The number of aromatic nitrogens is 3. The zero-order valence-corrected chi connectivity index (χ0v) is 15.1. The van der Waals surface area contributed by atoms with E-state index in [1.807, 2.05) is 22.1 Å². The molecule has 0 spiro atoms. The fourth-order valence-electron chi connectivity index (χ4n) is 2.53. The first-order valence-corrected chi connectivity index (χ1v) is 9.85. The van der Waals surface area contributed by atoms with Crippen molar-refractivity contribution < 1.29 is 13.6 Å². The van der Waals surface area contributed by atoms with Gasteiger partial charge in [0.05, 0.1) is 10.6 Å². The molecular formula is C17H14F2N4OS2. The van der Waals surface area contributed by atoms with Gasteiger partial charge in [-0.3, -0.25) is 9.36 Å². The van der Waals surface area contributed by atoms with E-state index in [0.717, 1.165) is 35.7 Å². The summed E-state index contributed by atoms with van der Waals surface area (Å²) in [6, 6.07) is 7.73. The number of hydrogen-bond donors (Lipinski definition) is 1. The number of amides is 1. The number of anilines is 1. The molecule has 1 fully saturated rings. The molecule has 1 aliphatic rings. The van der Waals surface area contributed by atoms with E-state index in [4.69, 9.17) is 0 Å². The Kier molecular flexibility index (Phi) is 4.73. The van der Waals surface area contributed by atoms with Crippen molar-refractivity contribution in [3.05, 3.63) is 47.3 Å². The van der Waals surface area contributed by atoms with Gasteiger partial charge in [-0.25, -0.2) is 8.78 Å². The first kappa shape index (κ1) is 17.2. The number of hydrogen-bond acceptors (Lipinski definition) is 5. The predicted molar refractivity (Wildman–Crippen MR) is 97.3 cm³/mol. The normalized spacial score (nSPS) is 13.8. The Morgan fingerprint density at radius 1 is 1.23 bits per heavy atom. The molecule has 5 nitrogen and oxygen atoms in total. The first-order valence-electron chi connectivity index (χ1n) is 7.99. The van der Waals surface area contributed by atoms with Crippen LogP contribution in [0.1, 0.15) is 18.9 Å². The minimum absolute atomic E-state index is 0.0108. The van der Waals surface area contributed by atoms with Crippen LogP contribution in [0.5, 0.6) is 0 Å². The number of benzene rings is 1. The van der Waals surface area contributed by atoms with Gasteiger partial charge in [0, 0.05) is 6.04 Å². The number of nitrogens with zero attached hydrogens (tertiary/aromatic N) is 3. The zero-order valence-electron chi connectivity index (χ0n) is 13.5. The van der Waals surface area contributed by atoms with Gasteiger partial charge < -0.3 is 5.32 Å². The van der Waals surface area contributed by atoms with Crippen LogP contribution >= 0.6 is 23.1 Å². The van der Waals surface area contributed by atoms with E-state index in [9.17, 15) is 13.6 Å². The summed E-state index contributed by atoms with van der Waals surface area (Å²) in [6.07, 6.45) is 2.10. The summed E-state index contributed by atoms with van der Waals surface area (Å²) in [4.78, 5) is 13.1. The fraction of sp³-hybridized carbons (Fsp3) is 0.235. The summed E-state index contributed by atoms with van der Waals surface area (Å²) in [5, 5.41) is 13.4. The molecule has 1 aromatic carbocycles. The number of thioether (sulfide) groups is 1. The van der Waals surface area contributed by atoms with Crippen molar-refractivity contribution in [2.45, 2.75) is 24.0 Å². The summed E-state index contributed by atoms with van der Waals surface area (Å²) in [5.41, 5.74) is -0.430. The second kappa shape index (κ2) is 7.16. The molecule has 3 aromatic rings. The van der Waals surface area contributed by atoms with Crippen molar-refractivity contribution in [1.29, 1.82) is 0 Å². The Bertz CT molecular complexity index is 918. The molecule has 0 aliphatic heterocycles. The molecule has 2 aromatic heterocycles. The van der Waals surface area contributed by atoms with Crippen LogP contribution < -0.4 is 5.32 Å². The van der Waals surface area contributed by atoms with Crippen LogP contribution in [0.4, 0.5) is 14.5 Å². The molecule has 0 bridgehead atoms. The van der Waals surface area contributed by atoms with Crippen LogP contribution in [0.25, 0.3) is 10.7 Å². The minimum atomic E-state index is -0.801. The SMILES string of the molecule is O=C(CSc1nnc(-c2cccs2)n1C1CC1)Nc1c(F)cccc1F. The maximum absolute atomic E-state index is 13.6. The van der Waals surface area contributed by atoms with Crippen LogP contribution in [0.3, 0.4) is 0 Å². The molecule has 9 heteroatoms. The van der Waals surface area contributed by atoms with Crippen molar-refractivity contribution >= 4 is 34.7 Å². The molecule has 1 amide bonds. The summed E-state index contributed by atoms with van der Waals surface area (Å²) in [7, 11) is 0. The highest BCUT2D eigenvalue weighted by Crippen LogP contribution is 2.41. The van der Waals surface area contributed by atoms with Gasteiger partial charge in [0.15, 0.2) is 11.0 Å². The first-order chi connectivity index (χ1) is 12.6. The lowest BCUT2D eigenvalue weighted by atomic mass is 10.3. The molecule has 0 radical (unpaired) electrons. The number of rotatable bonds is 6. The van der Waals surface area contributed by atoms with Gasteiger partial charge >= 0.3 is 0 Å². The highest BCUT2D eigenvalue weighted by atomic mass is 32.2. The molecule has 4 rings (SSSR count). The van der Waals surface area contributed by atoms with Gasteiger partial charge in [0.1, 0.15) is 17.3 Å². The van der Waals surface area contributed by atoms with E-state index >= 15 is 0 Å². The summed E-state index contributed by atoms with van der Waals surface area (Å²) in [6.45, 7) is 0. The van der Waals surface area contributed by atoms with Gasteiger partial charge in [0.25, 0.3) is 0 Å². The highest BCUT2D eigenvalue weighted by molar-refractivity contribution is 7.99. The van der Waals surface area contributed by atoms with Gasteiger partial charge in [-0.2, -0.15) is 0 Å². The molecule has 1 N–H and O–H groups in total. The van der Waals surface area contributed by atoms with E-state index in [2.05, 4.69) is 15.5 Å². The Hall–Kier alpha value is -2.26. The number of carbonyl (C=O) groups excluding carboxylic acids is 1. The van der Waals surface area contributed by atoms with Gasteiger partial charge in [-0.05, 0) is 36.4 Å². The number of para-hydroxylation sites is 1. The van der Waals surface area contributed by atoms with Crippen molar-refractivity contribution in [3.63, 3.8) is 0 Å². The third-order valence-corrected chi connectivity index (χ3v) is 5.69. The Labute approximate surface area is 156 Å². The van der Waals surface area contributed by atoms with Crippen molar-refractivity contribution in [1.82, 2.24) is 14.8 Å². The largest absolute Gasteiger partial charge is 0.320 e. The molecular weight excluding hydrogens is 378 g/mol. The van der Waals surface area contributed by atoms with Gasteiger partial charge in [-0.15, -0.1) is 21.5 Å². The van der Waals surface area contributed by atoms with Gasteiger partial charge in [-0.1, -0.05) is 23.9 Å². The second-order valence-electron chi connectivity index (χ2n) is 5.82. The third-order valence-electron chi connectivity index (χ3n) is 3.88. The minimum Gasteiger partial charge on any atom is -0.320 e. The van der Waals surface area contributed by atoms with Crippen LogP contribution in [0.15, 0.2) is 40.9 Å². The maximum Gasteiger partial charge on any atom is 0.235 e. The van der Waals surface area contributed by atoms with E-state index in [-0.39, 0.29) is 5.75 Å². The number of nitrogens with one attached hydrogen (secondary N) is 1. The maximum atomic E-state index is 13.6. The molecule has 0 unspecified atom stereocenters. The number of thiophene rings is 1. The fourth-order valence-corrected chi connectivity index (χ4v) is 4.04. The van der Waals surface area contributed by atoms with Crippen LogP contribution in [-0.4, -0.2) is 26.4 Å². The van der Waals surface area contributed by atoms with E-state index in [1.165, 1.54) is 17.8 Å². The molecule has 1 saturated carbocycles. The van der Waals surface area contributed by atoms with Crippen LogP contribution in [0, 0.1) is 11.6 Å². The smallest absolute Gasteiger partial charge is 0.235 e. The molecule has 26 heavy (non-hydrogen) atoms. The lowest BCUT2D eigenvalue weighted by Crippen LogP contribution is -2.16. The molecule has 0 saturated heterocycles. The van der Waals surface area contributed by atoms with E-state index < -0.39 is 23.2 Å². The molecule has 2 heterocycles.